The highest BCUT2D eigenvalue weighted by Crippen LogP contribution is 2.52. The van der Waals surface area contributed by atoms with Crippen LogP contribution < -0.4 is 0 Å². The van der Waals surface area contributed by atoms with E-state index in [1.807, 2.05) is 0 Å². The van der Waals surface area contributed by atoms with Gasteiger partial charge in [-0.3, -0.25) is 4.90 Å². The van der Waals surface area contributed by atoms with E-state index in [4.69, 9.17) is 0 Å². The summed E-state index contributed by atoms with van der Waals surface area (Å²) in [6.45, 7) is 2.99. The van der Waals surface area contributed by atoms with Crippen molar-refractivity contribution in [2.75, 3.05) is 19.6 Å². The van der Waals surface area contributed by atoms with Gasteiger partial charge in [0.1, 0.15) is 6.29 Å². The molecule has 56 valence electrons. The largest absolute Gasteiger partial charge is 0.302 e. The third kappa shape index (κ3) is 0.966. The molecule has 1 saturated heterocycles. The third-order valence-corrected chi connectivity index (χ3v) is 2.81. The maximum Gasteiger partial charge on any atom is 0.133 e. The molecule has 0 atom stereocenters. The highest BCUT2D eigenvalue weighted by molar-refractivity contribution is 5.52. The van der Waals surface area contributed by atoms with Gasteiger partial charge in [-0.15, -0.1) is 0 Å². The predicted molar refractivity (Wildman–Crippen MR) is 38.8 cm³/mol. The molecular formula is C8H13NO. The molecule has 2 aliphatic rings. The second-order valence-corrected chi connectivity index (χ2v) is 3.65. The fourth-order valence-corrected chi connectivity index (χ4v) is 1.87. The topological polar surface area (TPSA) is 20.3 Å². The molecule has 1 saturated carbocycles. The van der Waals surface area contributed by atoms with E-state index in [0.29, 0.717) is 12.0 Å². The molecule has 2 rings (SSSR count). The number of likely N-dealkylation sites (tertiary alicyclic amines) is 1. The number of nitrogens with zero attached hydrogens (tertiary/aromatic N) is 1. The van der Waals surface area contributed by atoms with Crippen LogP contribution in [0.25, 0.3) is 0 Å². The second kappa shape index (κ2) is 2.06. The van der Waals surface area contributed by atoms with Crippen molar-refractivity contribution in [2.45, 2.75) is 19.3 Å². The zero-order chi connectivity index (χ0) is 7.03. The van der Waals surface area contributed by atoms with Crippen LogP contribution in [-0.4, -0.2) is 30.8 Å². The normalized spacial score (nSPS) is 29.2. The Morgan fingerprint density at radius 3 is 2.70 bits per heavy atom. The number of hydrogen-bond acceptors (Lipinski definition) is 2. The lowest BCUT2D eigenvalue weighted by molar-refractivity contribution is -0.108. The van der Waals surface area contributed by atoms with E-state index < -0.39 is 0 Å². The summed E-state index contributed by atoms with van der Waals surface area (Å²) in [4.78, 5) is 12.4. The van der Waals surface area contributed by atoms with Gasteiger partial charge in [0, 0.05) is 6.54 Å². The lowest BCUT2D eigenvalue weighted by Crippen LogP contribution is -2.22. The predicted octanol–water partition coefficient (Wildman–Crippen LogP) is 0.671. The Morgan fingerprint density at radius 1 is 1.40 bits per heavy atom. The summed E-state index contributed by atoms with van der Waals surface area (Å²) in [6.07, 6.45) is 5.16. The summed E-state index contributed by atoms with van der Waals surface area (Å²) in [7, 11) is 0. The summed E-state index contributed by atoms with van der Waals surface area (Å²) in [5, 5.41) is 0. The standard InChI is InChI=1S/C8H13NO/c10-6-5-9-4-3-8(7-9)1-2-8/h6H,1-5,7H2. The summed E-state index contributed by atoms with van der Waals surface area (Å²) >= 11 is 0. The molecule has 2 nitrogen and oxygen atoms in total. The molecule has 0 bridgehead atoms. The van der Waals surface area contributed by atoms with E-state index >= 15 is 0 Å². The molecule has 0 radical (unpaired) electrons. The van der Waals surface area contributed by atoms with E-state index in [1.165, 1.54) is 25.8 Å². The Morgan fingerprint density at radius 2 is 2.20 bits per heavy atom. The molecule has 10 heavy (non-hydrogen) atoms. The molecule has 0 unspecified atom stereocenters. The van der Waals surface area contributed by atoms with Crippen LogP contribution in [0, 0.1) is 5.41 Å². The minimum absolute atomic E-state index is 0.655. The smallest absolute Gasteiger partial charge is 0.133 e. The fraction of sp³-hybridized carbons (Fsp3) is 0.875. The highest BCUT2D eigenvalue weighted by Gasteiger charge is 2.47. The SMILES string of the molecule is O=CCN1CCC2(CC2)C1. The van der Waals surface area contributed by atoms with Gasteiger partial charge in [0.25, 0.3) is 0 Å². The van der Waals surface area contributed by atoms with Gasteiger partial charge < -0.3 is 4.79 Å². The van der Waals surface area contributed by atoms with Crippen LogP contribution in [0.15, 0.2) is 0 Å². The molecule has 1 spiro atoms. The molecule has 1 heterocycles. The molecule has 0 amide bonds. The average molecular weight is 139 g/mol. The first kappa shape index (κ1) is 6.35. The van der Waals surface area contributed by atoms with E-state index in [9.17, 15) is 4.79 Å². The monoisotopic (exact) mass is 139 g/mol. The summed E-state index contributed by atoms with van der Waals surface area (Å²) in [6, 6.07) is 0. The van der Waals surface area contributed by atoms with Gasteiger partial charge in [-0.25, -0.2) is 0 Å². The van der Waals surface area contributed by atoms with Gasteiger partial charge >= 0.3 is 0 Å². The van der Waals surface area contributed by atoms with E-state index in [1.54, 1.807) is 0 Å². The average Bonchev–Trinajstić information content (AvgIpc) is 2.52. The van der Waals surface area contributed by atoms with Crippen molar-refractivity contribution in [2.24, 2.45) is 5.41 Å². The molecule has 1 aliphatic heterocycles. The third-order valence-electron chi connectivity index (χ3n) is 2.81. The molecule has 0 aromatic rings. The van der Waals surface area contributed by atoms with Gasteiger partial charge in [-0.1, -0.05) is 0 Å². The number of hydrogen-bond donors (Lipinski definition) is 0. The van der Waals surface area contributed by atoms with Crippen molar-refractivity contribution in [3.63, 3.8) is 0 Å². The maximum absolute atomic E-state index is 10.2. The van der Waals surface area contributed by atoms with Crippen molar-refractivity contribution in [3.05, 3.63) is 0 Å². The Labute approximate surface area is 61.2 Å². The van der Waals surface area contributed by atoms with Gasteiger partial charge in [-0.05, 0) is 31.2 Å². The zero-order valence-electron chi connectivity index (χ0n) is 6.18. The summed E-state index contributed by atoms with van der Waals surface area (Å²) < 4.78 is 0. The van der Waals surface area contributed by atoms with Crippen LogP contribution >= 0.6 is 0 Å². The first-order chi connectivity index (χ1) is 4.85. The molecule has 2 fully saturated rings. The summed E-state index contributed by atoms with van der Waals surface area (Å²) in [5.41, 5.74) is 0.684. The van der Waals surface area contributed by atoms with Crippen molar-refractivity contribution in [1.29, 1.82) is 0 Å². The van der Waals surface area contributed by atoms with Gasteiger partial charge in [-0.2, -0.15) is 0 Å². The van der Waals surface area contributed by atoms with Crippen LogP contribution in [-0.2, 0) is 4.79 Å². The molecule has 2 heteroatoms. The lowest BCUT2D eigenvalue weighted by Gasteiger charge is -2.10. The van der Waals surface area contributed by atoms with Crippen molar-refractivity contribution >= 4 is 6.29 Å². The van der Waals surface area contributed by atoms with Crippen molar-refractivity contribution in [1.82, 2.24) is 4.90 Å². The van der Waals surface area contributed by atoms with Gasteiger partial charge in [0.05, 0.1) is 6.54 Å². The quantitative estimate of drug-likeness (QED) is 0.524. The summed E-state index contributed by atoms with van der Waals surface area (Å²) in [5.74, 6) is 0. The van der Waals surface area contributed by atoms with Crippen LogP contribution in [0.4, 0.5) is 0 Å². The Balaban J connectivity index is 1.87. The first-order valence-corrected chi connectivity index (χ1v) is 4.01. The maximum atomic E-state index is 10.2. The second-order valence-electron chi connectivity index (χ2n) is 3.65. The zero-order valence-corrected chi connectivity index (χ0v) is 6.18. The van der Waals surface area contributed by atoms with Crippen molar-refractivity contribution < 1.29 is 4.79 Å². The van der Waals surface area contributed by atoms with Gasteiger partial charge in [0.15, 0.2) is 0 Å². The minimum atomic E-state index is 0.655. The van der Waals surface area contributed by atoms with Crippen molar-refractivity contribution in [3.8, 4) is 0 Å². The number of carbonyl (C=O) groups is 1. The molecular weight excluding hydrogens is 126 g/mol. The number of aldehydes is 1. The van der Waals surface area contributed by atoms with Crippen LogP contribution in [0.3, 0.4) is 0 Å². The van der Waals surface area contributed by atoms with E-state index in [0.717, 1.165) is 12.8 Å². The van der Waals surface area contributed by atoms with Crippen LogP contribution in [0.1, 0.15) is 19.3 Å². The first-order valence-electron chi connectivity index (χ1n) is 4.01. The number of rotatable bonds is 2. The van der Waals surface area contributed by atoms with E-state index in [2.05, 4.69) is 4.90 Å². The lowest BCUT2D eigenvalue weighted by atomic mass is 10.1. The van der Waals surface area contributed by atoms with Gasteiger partial charge in [0.2, 0.25) is 0 Å². The molecule has 0 aromatic heterocycles. The van der Waals surface area contributed by atoms with Crippen LogP contribution in [0.5, 0.6) is 0 Å². The Kier molecular flexibility index (Phi) is 1.31. The van der Waals surface area contributed by atoms with Crippen LogP contribution in [0.2, 0.25) is 0 Å². The number of carbonyl (C=O) groups excluding carboxylic acids is 1. The minimum Gasteiger partial charge on any atom is -0.302 e. The molecule has 0 aromatic carbocycles. The molecule has 1 aliphatic carbocycles. The Hall–Kier alpha value is -0.370. The highest BCUT2D eigenvalue weighted by atomic mass is 16.1. The Bertz CT molecular complexity index is 151. The molecule has 0 N–H and O–H groups in total. The van der Waals surface area contributed by atoms with E-state index in [-0.39, 0.29) is 0 Å². The fourth-order valence-electron chi connectivity index (χ4n) is 1.87.